The van der Waals surface area contributed by atoms with Crippen LogP contribution in [0.2, 0.25) is 0 Å². The zero-order valence-electron chi connectivity index (χ0n) is 7.29. The van der Waals surface area contributed by atoms with Crippen molar-refractivity contribution >= 4 is 12.3 Å². The van der Waals surface area contributed by atoms with Crippen LogP contribution in [0.1, 0.15) is 13.8 Å². The van der Waals surface area contributed by atoms with Crippen molar-refractivity contribution in [2.45, 2.75) is 20.3 Å². The lowest BCUT2D eigenvalue weighted by Gasteiger charge is -2.24. The molecule has 1 N–H and O–H groups in total. The zero-order valence-corrected chi connectivity index (χ0v) is 7.29. The van der Waals surface area contributed by atoms with Crippen LogP contribution in [0.25, 0.3) is 0 Å². The third kappa shape index (κ3) is 1.93. The Morgan fingerprint density at radius 3 is 2.75 bits per heavy atom. The molecule has 0 spiro atoms. The molecule has 1 aliphatic heterocycles. The third-order valence-electron chi connectivity index (χ3n) is 1.68. The molecule has 0 bridgehead atoms. The quantitative estimate of drug-likeness (QED) is 0.618. The van der Waals surface area contributed by atoms with Crippen LogP contribution in [0.4, 0.5) is 4.39 Å². The summed E-state index contributed by atoms with van der Waals surface area (Å²) in [6, 6.07) is 0. The molecule has 0 saturated carbocycles. The van der Waals surface area contributed by atoms with Gasteiger partial charge in [-0.15, -0.1) is 0 Å². The first-order valence-electron chi connectivity index (χ1n) is 4.03. The monoisotopic (exact) mass is 172 g/mol. The molecule has 1 heterocycles. The van der Waals surface area contributed by atoms with Crippen molar-refractivity contribution in [2.75, 3.05) is 13.1 Å². The van der Waals surface area contributed by atoms with Crippen LogP contribution in [0.5, 0.6) is 0 Å². The van der Waals surface area contributed by atoms with Crippen LogP contribution < -0.4 is 5.32 Å². The predicted octanol–water partition coefficient (Wildman–Crippen LogP) is 0.569. The minimum Gasteiger partial charge on any atom is -0.343 e. The molecule has 0 radical (unpaired) electrons. The standard InChI is InChI=1S/C7H13FN4/c1-3-12(4-2)7-10-5-9-6(8)11-7/h5-6H,3-4H2,1-2H3,(H,9,10,11). The number of halogens is 1. The van der Waals surface area contributed by atoms with Crippen LogP contribution in [-0.4, -0.2) is 36.7 Å². The first-order chi connectivity index (χ1) is 5.77. The molecule has 12 heavy (non-hydrogen) atoms. The molecule has 0 fully saturated rings. The molecule has 1 unspecified atom stereocenters. The Morgan fingerprint density at radius 2 is 2.25 bits per heavy atom. The molecule has 0 aliphatic carbocycles. The van der Waals surface area contributed by atoms with Crippen molar-refractivity contribution in [1.82, 2.24) is 10.2 Å². The molecular formula is C7H13FN4. The summed E-state index contributed by atoms with van der Waals surface area (Å²) < 4.78 is 12.6. The average Bonchev–Trinajstić information content (AvgIpc) is 2.07. The van der Waals surface area contributed by atoms with E-state index in [1.54, 1.807) is 0 Å². The molecule has 1 atom stereocenters. The van der Waals surface area contributed by atoms with E-state index in [4.69, 9.17) is 0 Å². The maximum Gasteiger partial charge on any atom is 0.288 e. The van der Waals surface area contributed by atoms with Crippen LogP contribution in [0, 0.1) is 0 Å². The predicted molar refractivity (Wildman–Crippen MR) is 46.9 cm³/mol. The molecule has 5 heteroatoms. The highest BCUT2D eigenvalue weighted by Gasteiger charge is 2.12. The van der Waals surface area contributed by atoms with Gasteiger partial charge in [0.1, 0.15) is 0 Å². The van der Waals surface area contributed by atoms with Crippen molar-refractivity contribution in [1.29, 1.82) is 0 Å². The second kappa shape index (κ2) is 4.04. The van der Waals surface area contributed by atoms with Crippen molar-refractivity contribution < 1.29 is 4.39 Å². The molecule has 1 rings (SSSR count). The first-order valence-corrected chi connectivity index (χ1v) is 4.03. The van der Waals surface area contributed by atoms with Gasteiger partial charge in [-0.2, -0.15) is 9.38 Å². The van der Waals surface area contributed by atoms with E-state index in [1.165, 1.54) is 6.34 Å². The topological polar surface area (TPSA) is 40.0 Å². The maximum absolute atomic E-state index is 12.6. The SMILES string of the molecule is CCN(CC)C1=NC(F)N=CN1. The number of rotatable bonds is 2. The summed E-state index contributed by atoms with van der Waals surface area (Å²) in [7, 11) is 0. The van der Waals surface area contributed by atoms with Gasteiger partial charge in [0, 0.05) is 13.1 Å². The summed E-state index contributed by atoms with van der Waals surface area (Å²) in [6.45, 7) is 5.60. The lowest BCUT2D eigenvalue weighted by molar-refractivity contribution is 0.345. The molecule has 0 aromatic rings. The van der Waals surface area contributed by atoms with Crippen molar-refractivity contribution in [3.63, 3.8) is 0 Å². The summed E-state index contributed by atoms with van der Waals surface area (Å²) in [4.78, 5) is 9.03. The number of hydrogen-bond donors (Lipinski definition) is 1. The van der Waals surface area contributed by atoms with Gasteiger partial charge in [-0.1, -0.05) is 0 Å². The van der Waals surface area contributed by atoms with Gasteiger partial charge in [0.2, 0.25) is 5.96 Å². The molecule has 68 valence electrons. The largest absolute Gasteiger partial charge is 0.343 e. The highest BCUT2D eigenvalue weighted by atomic mass is 19.1. The number of aliphatic imine (C=N–C) groups is 2. The van der Waals surface area contributed by atoms with E-state index in [0.29, 0.717) is 5.96 Å². The fourth-order valence-electron chi connectivity index (χ4n) is 1.02. The summed E-state index contributed by atoms with van der Waals surface area (Å²) in [5.74, 6) is 0.558. The number of nitrogens with one attached hydrogen (secondary N) is 1. The fourth-order valence-corrected chi connectivity index (χ4v) is 1.02. The van der Waals surface area contributed by atoms with Gasteiger partial charge >= 0.3 is 0 Å². The van der Waals surface area contributed by atoms with E-state index < -0.39 is 6.42 Å². The Balaban J connectivity index is 2.61. The highest BCUT2D eigenvalue weighted by Crippen LogP contribution is 2.00. The van der Waals surface area contributed by atoms with Gasteiger partial charge in [0.05, 0.1) is 6.34 Å². The van der Waals surface area contributed by atoms with Crippen LogP contribution in [-0.2, 0) is 0 Å². The molecular weight excluding hydrogens is 159 g/mol. The first kappa shape index (κ1) is 8.96. The summed E-state index contributed by atoms with van der Waals surface area (Å²) in [5, 5.41) is 2.80. The highest BCUT2D eigenvalue weighted by molar-refractivity contribution is 5.91. The Kier molecular flexibility index (Phi) is 3.01. The van der Waals surface area contributed by atoms with Crippen molar-refractivity contribution in [2.24, 2.45) is 9.98 Å². The van der Waals surface area contributed by atoms with Gasteiger partial charge < -0.3 is 10.2 Å². The van der Waals surface area contributed by atoms with Crippen LogP contribution in [0.3, 0.4) is 0 Å². The zero-order chi connectivity index (χ0) is 8.97. The molecule has 0 aromatic carbocycles. The molecule has 0 saturated heterocycles. The van der Waals surface area contributed by atoms with E-state index in [0.717, 1.165) is 13.1 Å². The van der Waals surface area contributed by atoms with E-state index in [9.17, 15) is 4.39 Å². The lowest BCUT2D eigenvalue weighted by atomic mass is 10.5. The number of nitrogens with zero attached hydrogens (tertiary/aromatic N) is 3. The van der Waals surface area contributed by atoms with E-state index in [-0.39, 0.29) is 0 Å². The molecule has 0 amide bonds. The van der Waals surface area contributed by atoms with Gasteiger partial charge in [-0.05, 0) is 13.8 Å². The Morgan fingerprint density at radius 1 is 1.58 bits per heavy atom. The van der Waals surface area contributed by atoms with E-state index >= 15 is 0 Å². The van der Waals surface area contributed by atoms with Gasteiger partial charge in [-0.3, -0.25) is 0 Å². The van der Waals surface area contributed by atoms with Crippen molar-refractivity contribution in [3.05, 3.63) is 0 Å². The van der Waals surface area contributed by atoms with Gasteiger partial charge in [0.15, 0.2) is 0 Å². The Bertz CT molecular complexity index is 198. The average molecular weight is 172 g/mol. The smallest absolute Gasteiger partial charge is 0.288 e. The summed E-state index contributed by atoms with van der Waals surface area (Å²) >= 11 is 0. The molecule has 4 nitrogen and oxygen atoms in total. The second-order valence-corrected chi connectivity index (χ2v) is 2.36. The van der Waals surface area contributed by atoms with Gasteiger partial charge in [-0.25, -0.2) is 4.99 Å². The number of alkyl halides is 1. The van der Waals surface area contributed by atoms with Crippen LogP contribution >= 0.6 is 0 Å². The fraction of sp³-hybridized carbons (Fsp3) is 0.714. The second-order valence-electron chi connectivity index (χ2n) is 2.36. The number of guanidine groups is 1. The number of hydrogen-bond acceptors (Lipinski definition) is 4. The van der Waals surface area contributed by atoms with Crippen LogP contribution in [0.15, 0.2) is 9.98 Å². The maximum atomic E-state index is 12.6. The minimum absolute atomic E-state index is 0.558. The molecule has 1 aliphatic rings. The van der Waals surface area contributed by atoms with Gasteiger partial charge in [0.25, 0.3) is 6.42 Å². The minimum atomic E-state index is -1.44. The summed E-state index contributed by atoms with van der Waals surface area (Å²) in [6.07, 6.45) is -0.104. The van der Waals surface area contributed by atoms with Crippen molar-refractivity contribution in [3.8, 4) is 0 Å². The van der Waals surface area contributed by atoms with E-state index in [1.807, 2.05) is 18.7 Å². The normalized spacial score (nSPS) is 21.6. The third-order valence-corrected chi connectivity index (χ3v) is 1.68. The lowest BCUT2D eigenvalue weighted by Crippen LogP contribution is -2.42. The van der Waals surface area contributed by atoms with E-state index in [2.05, 4.69) is 15.3 Å². The Hall–Kier alpha value is -1.13. The Labute approximate surface area is 71.2 Å². The summed E-state index contributed by atoms with van der Waals surface area (Å²) in [5.41, 5.74) is 0. The molecule has 0 aromatic heterocycles.